The summed E-state index contributed by atoms with van der Waals surface area (Å²) in [5.74, 6) is -2.43. The third-order valence-electron chi connectivity index (χ3n) is 3.37. The van der Waals surface area contributed by atoms with Gasteiger partial charge in [0.2, 0.25) is 0 Å². The number of benzene rings is 2. The van der Waals surface area contributed by atoms with Crippen LogP contribution in [0.15, 0.2) is 47.4 Å². The second kappa shape index (κ2) is 7.19. The van der Waals surface area contributed by atoms with Gasteiger partial charge in [-0.25, -0.2) is 13.2 Å². The third kappa shape index (κ3) is 4.84. The van der Waals surface area contributed by atoms with Crippen molar-refractivity contribution < 1.29 is 23.1 Å². The Morgan fingerprint density at radius 2 is 1.61 bits per heavy atom. The maximum atomic E-state index is 13.2. The highest BCUT2D eigenvalue weighted by Crippen LogP contribution is 2.27. The summed E-state index contributed by atoms with van der Waals surface area (Å²) in [7, 11) is 0. The zero-order valence-electron chi connectivity index (χ0n) is 12.4. The number of carbonyl (C=O) groups excluding carboxylic acids is 1. The van der Waals surface area contributed by atoms with Gasteiger partial charge in [0.1, 0.15) is 23.1 Å². The van der Waals surface area contributed by atoms with E-state index in [0.717, 1.165) is 18.2 Å². The van der Waals surface area contributed by atoms with Crippen molar-refractivity contribution in [3.05, 3.63) is 65.5 Å². The topological polar surface area (TPSA) is 37.3 Å². The molecule has 1 N–H and O–H groups in total. The SMILES string of the molecule is CC(=O)[C@@](O)(CSc1ccc(F)cc1)Cc1cc(F)cc(F)c1. The lowest BCUT2D eigenvalue weighted by atomic mass is 9.92. The van der Waals surface area contributed by atoms with E-state index in [1.807, 2.05) is 0 Å². The molecule has 0 saturated heterocycles. The monoisotopic (exact) mass is 340 g/mol. The van der Waals surface area contributed by atoms with Crippen LogP contribution >= 0.6 is 11.8 Å². The first-order valence-electron chi connectivity index (χ1n) is 6.85. The molecule has 2 aromatic carbocycles. The summed E-state index contributed by atoms with van der Waals surface area (Å²) in [4.78, 5) is 12.5. The van der Waals surface area contributed by atoms with Crippen molar-refractivity contribution in [2.75, 3.05) is 5.75 Å². The smallest absolute Gasteiger partial charge is 0.162 e. The summed E-state index contributed by atoms with van der Waals surface area (Å²) >= 11 is 1.17. The van der Waals surface area contributed by atoms with Gasteiger partial charge in [0.05, 0.1) is 0 Å². The van der Waals surface area contributed by atoms with E-state index < -0.39 is 23.0 Å². The standard InChI is InChI=1S/C17H15F3O2S/c1-11(21)17(22,9-12-6-14(19)8-15(20)7-12)10-23-16-4-2-13(18)3-5-16/h2-8,22H,9-10H2,1H3/t17-/m0/s1. The van der Waals surface area contributed by atoms with Crippen LogP contribution in [-0.4, -0.2) is 22.2 Å². The highest BCUT2D eigenvalue weighted by Gasteiger charge is 2.33. The molecule has 0 spiro atoms. The number of ketones is 1. The average Bonchev–Trinajstić information content (AvgIpc) is 2.45. The van der Waals surface area contributed by atoms with Crippen LogP contribution in [0.1, 0.15) is 12.5 Å². The molecule has 0 bridgehead atoms. The fraction of sp³-hybridized carbons (Fsp3) is 0.235. The number of rotatable bonds is 6. The Morgan fingerprint density at radius 3 is 2.13 bits per heavy atom. The highest BCUT2D eigenvalue weighted by molar-refractivity contribution is 7.99. The molecule has 2 rings (SSSR count). The molecule has 0 aliphatic rings. The Kier molecular flexibility index (Phi) is 5.49. The van der Waals surface area contributed by atoms with Crippen LogP contribution in [0.4, 0.5) is 13.2 Å². The molecule has 0 saturated carbocycles. The van der Waals surface area contributed by atoms with Crippen molar-refractivity contribution >= 4 is 17.5 Å². The van der Waals surface area contributed by atoms with E-state index in [0.29, 0.717) is 4.90 Å². The number of Topliss-reactive ketones (excluding diaryl/α,β-unsaturated/α-hetero) is 1. The predicted octanol–water partition coefficient (Wildman–Crippen LogP) is 3.76. The number of hydrogen-bond donors (Lipinski definition) is 1. The average molecular weight is 340 g/mol. The molecule has 2 nitrogen and oxygen atoms in total. The Hall–Kier alpha value is -1.79. The van der Waals surface area contributed by atoms with Gasteiger partial charge in [0.25, 0.3) is 0 Å². The first-order valence-corrected chi connectivity index (χ1v) is 7.84. The molecular weight excluding hydrogens is 325 g/mol. The van der Waals surface area contributed by atoms with Crippen LogP contribution in [-0.2, 0) is 11.2 Å². The minimum absolute atomic E-state index is 0.00784. The largest absolute Gasteiger partial charge is 0.381 e. The van der Waals surface area contributed by atoms with E-state index in [-0.39, 0.29) is 23.6 Å². The molecule has 0 radical (unpaired) electrons. The van der Waals surface area contributed by atoms with E-state index >= 15 is 0 Å². The summed E-state index contributed by atoms with van der Waals surface area (Å²) in [6.45, 7) is 1.22. The van der Waals surface area contributed by atoms with Gasteiger partial charge in [0.15, 0.2) is 5.78 Å². The molecule has 0 aliphatic carbocycles. The van der Waals surface area contributed by atoms with Gasteiger partial charge in [-0.3, -0.25) is 4.79 Å². The van der Waals surface area contributed by atoms with Gasteiger partial charge in [-0.1, -0.05) is 0 Å². The number of aliphatic hydroxyl groups is 1. The number of halogens is 3. The molecule has 122 valence electrons. The van der Waals surface area contributed by atoms with Gasteiger partial charge in [-0.05, 0) is 48.9 Å². The van der Waals surface area contributed by atoms with Crippen molar-refractivity contribution in [1.82, 2.24) is 0 Å². The molecule has 1 atom stereocenters. The molecule has 0 heterocycles. The van der Waals surface area contributed by atoms with Gasteiger partial charge < -0.3 is 5.11 Å². The maximum Gasteiger partial charge on any atom is 0.162 e. The van der Waals surface area contributed by atoms with Gasteiger partial charge >= 0.3 is 0 Å². The lowest BCUT2D eigenvalue weighted by Gasteiger charge is -2.25. The molecule has 23 heavy (non-hydrogen) atoms. The first kappa shape index (κ1) is 17.6. The predicted molar refractivity (Wildman–Crippen MR) is 82.8 cm³/mol. The van der Waals surface area contributed by atoms with Crippen molar-refractivity contribution in [1.29, 1.82) is 0 Å². The van der Waals surface area contributed by atoms with Crippen molar-refractivity contribution in [3.8, 4) is 0 Å². The van der Waals surface area contributed by atoms with E-state index in [4.69, 9.17) is 0 Å². The highest BCUT2D eigenvalue weighted by atomic mass is 32.2. The molecule has 0 unspecified atom stereocenters. The zero-order chi connectivity index (χ0) is 17.0. The summed E-state index contributed by atoms with van der Waals surface area (Å²) in [5.41, 5.74) is -1.57. The van der Waals surface area contributed by atoms with E-state index in [1.54, 1.807) is 0 Å². The normalized spacial score (nSPS) is 13.6. The van der Waals surface area contributed by atoms with Crippen molar-refractivity contribution in [2.24, 2.45) is 0 Å². The van der Waals surface area contributed by atoms with E-state index in [9.17, 15) is 23.1 Å². The minimum atomic E-state index is -1.76. The fourth-order valence-electron chi connectivity index (χ4n) is 2.06. The van der Waals surface area contributed by atoms with Crippen LogP contribution in [0.5, 0.6) is 0 Å². The molecule has 0 fully saturated rings. The van der Waals surface area contributed by atoms with Crippen LogP contribution in [0.3, 0.4) is 0 Å². The van der Waals surface area contributed by atoms with Gasteiger partial charge in [-0.15, -0.1) is 11.8 Å². The van der Waals surface area contributed by atoms with Crippen LogP contribution < -0.4 is 0 Å². The number of thioether (sulfide) groups is 1. The third-order valence-corrected chi connectivity index (χ3v) is 4.59. The number of carbonyl (C=O) groups is 1. The molecule has 0 aliphatic heterocycles. The maximum absolute atomic E-state index is 13.2. The van der Waals surface area contributed by atoms with Crippen LogP contribution in [0.25, 0.3) is 0 Å². The molecular formula is C17H15F3O2S. The molecule has 0 amide bonds. The minimum Gasteiger partial charge on any atom is -0.381 e. The van der Waals surface area contributed by atoms with Crippen LogP contribution in [0, 0.1) is 17.5 Å². The number of hydrogen-bond acceptors (Lipinski definition) is 3. The Balaban J connectivity index is 2.14. The quantitative estimate of drug-likeness (QED) is 0.814. The van der Waals surface area contributed by atoms with Crippen molar-refractivity contribution in [3.63, 3.8) is 0 Å². The second-order valence-electron chi connectivity index (χ2n) is 5.28. The Bertz CT molecular complexity index is 683. The van der Waals surface area contributed by atoms with Gasteiger partial charge in [0, 0.05) is 23.1 Å². The lowest BCUT2D eigenvalue weighted by Crippen LogP contribution is -2.42. The molecule has 6 heteroatoms. The summed E-state index contributed by atoms with van der Waals surface area (Å²) < 4.78 is 39.4. The summed E-state index contributed by atoms with van der Waals surface area (Å²) in [6.07, 6.45) is -0.203. The summed E-state index contributed by atoms with van der Waals surface area (Å²) in [6, 6.07) is 8.50. The summed E-state index contributed by atoms with van der Waals surface area (Å²) in [5, 5.41) is 10.6. The second-order valence-corrected chi connectivity index (χ2v) is 6.33. The van der Waals surface area contributed by atoms with E-state index in [2.05, 4.69) is 0 Å². The Morgan fingerprint density at radius 1 is 1.04 bits per heavy atom. The lowest BCUT2D eigenvalue weighted by molar-refractivity contribution is -0.132. The Labute approximate surface area is 136 Å². The first-order chi connectivity index (χ1) is 10.8. The zero-order valence-corrected chi connectivity index (χ0v) is 13.2. The van der Waals surface area contributed by atoms with Crippen molar-refractivity contribution in [2.45, 2.75) is 23.8 Å². The van der Waals surface area contributed by atoms with E-state index in [1.165, 1.54) is 43.0 Å². The van der Waals surface area contributed by atoms with Gasteiger partial charge in [-0.2, -0.15) is 0 Å². The molecule has 2 aromatic rings. The van der Waals surface area contributed by atoms with Crippen LogP contribution in [0.2, 0.25) is 0 Å². The molecule has 0 aromatic heterocycles. The fourth-order valence-corrected chi connectivity index (χ4v) is 3.10.